The number of nitrogens with zero attached hydrogens (tertiary/aromatic N) is 4. The number of hydrogen-bond donors (Lipinski definition) is 1. The van der Waals surface area contributed by atoms with E-state index >= 15 is 0 Å². The molecule has 2 aromatic rings. The van der Waals surface area contributed by atoms with Crippen LogP contribution in [0.2, 0.25) is 0 Å². The fraction of sp³-hybridized carbons (Fsp3) is 0.647. The Morgan fingerprint density at radius 2 is 2.38 bits per heavy atom. The number of thiazole rings is 1. The van der Waals surface area contributed by atoms with E-state index in [2.05, 4.69) is 25.5 Å². The average molecular weight is 377 g/mol. The molecule has 1 saturated heterocycles. The van der Waals surface area contributed by atoms with Gasteiger partial charge in [0.15, 0.2) is 0 Å². The van der Waals surface area contributed by atoms with E-state index < -0.39 is 0 Å². The molecule has 9 heteroatoms. The Bertz CT molecular complexity index is 764. The Hall–Kier alpha value is -1.84. The van der Waals surface area contributed by atoms with Gasteiger partial charge in [-0.2, -0.15) is 0 Å². The second kappa shape index (κ2) is 7.05. The van der Waals surface area contributed by atoms with Crippen LogP contribution in [-0.2, 0) is 11.3 Å². The summed E-state index contributed by atoms with van der Waals surface area (Å²) < 4.78 is 10.8. The zero-order chi connectivity index (χ0) is 18.1. The zero-order valence-electron chi connectivity index (χ0n) is 15.0. The highest BCUT2D eigenvalue weighted by Crippen LogP contribution is 2.43. The number of hydrogen-bond acceptors (Lipinski definition) is 8. The molecule has 1 amide bonds. The van der Waals surface area contributed by atoms with Gasteiger partial charge < -0.3 is 10.1 Å². The SMILES string of the molecule is CO[C@@]12CC[C@@H](NC(=O)c3cscn3)C[C@@H]1N(Cc1nonc1C)CC2. The Kier molecular flexibility index (Phi) is 4.76. The third kappa shape index (κ3) is 3.15. The molecular formula is C17H23N5O3S. The van der Waals surface area contributed by atoms with Crippen LogP contribution in [0.25, 0.3) is 0 Å². The number of aromatic nitrogens is 3. The molecule has 3 heterocycles. The molecule has 3 atom stereocenters. The summed E-state index contributed by atoms with van der Waals surface area (Å²) in [6, 6.07) is 0.354. The lowest BCUT2D eigenvalue weighted by atomic mass is 9.78. The molecule has 0 unspecified atom stereocenters. The highest BCUT2D eigenvalue weighted by Gasteiger charge is 2.51. The molecule has 0 radical (unpaired) electrons. The highest BCUT2D eigenvalue weighted by molar-refractivity contribution is 7.07. The van der Waals surface area contributed by atoms with E-state index in [1.54, 1.807) is 18.0 Å². The Morgan fingerprint density at radius 1 is 1.50 bits per heavy atom. The predicted molar refractivity (Wildman–Crippen MR) is 94.8 cm³/mol. The topological polar surface area (TPSA) is 93.4 Å². The molecule has 0 aromatic carbocycles. The summed E-state index contributed by atoms with van der Waals surface area (Å²) in [4.78, 5) is 18.8. The molecular weight excluding hydrogens is 354 g/mol. The fourth-order valence-electron chi connectivity index (χ4n) is 4.28. The zero-order valence-corrected chi connectivity index (χ0v) is 15.8. The van der Waals surface area contributed by atoms with E-state index in [0.717, 1.165) is 43.6 Å². The molecule has 26 heavy (non-hydrogen) atoms. The first-order valence-corrected chi connectivity index (χ1v) is 9.82. The van der Waals surface area contributed by atoms with Gasteiger partial charge in [0.05, 0.1) is 11.1 Å². The van der Waals surface area contributed by atoms with Crippen LogP contribution in [0.3, 0.4) is 0 Å². The van der Waals surface area contributed by atoms with Crippen LogP contribution < -0.4 is 5.32 Å². The van der Waals surface area contributed by atoms with Crippen molar-refractivity contribution in [2.75, 3.05) is 13.7 Å². The molecule has 0 bridgehead atoms. The first-order valence-electron chi connectivity index (χ1n) is 8.87. The summed E-state index contributed by atoms with van der Waals surface area (Å²) in [5, 5.41) is 12.8. The predicted octanol–water partition coefficient (Wildman–Crippen LogP) is 1.78. The van der Waals surface area contributed by atoms with Gasteiger partial charge in [-0.1, -0.05) is 10.3 Å². The van der Waals surface area contributed by atoms with E-state index in [9.17, 15) is 4.79 Å². The quantitative estimate of drug-likeness (QED) is 0.849. The second-order valence-electron chi connectivity index (χ2n) is 7.12. The molecule has 2 fully saturated rings. The van der Waals surface area contributed by atoms with Gasteiger partial charge >= 0.3 is 0 Å². The third-order valence-electron chi connectivity index (χ3n) is 5.80. The first-order chi connectivity index (χ1) is 12.6. The number of carbonyl (C=O) groups is 1. The lowest BCUT2D eigenvalue weighted by Crippen LogP contribution is -2.54. The van der Waals surface area contributed by atoms with Crippen LogP contribution in [0.5, 0.6) is 0 Å². The number of aryl methyl sites for hydroxylation is 1. The van der Waals surface area contributed by atoms with Gasteiger partial charge in [-0.15, -0.1) is 11.3 Å². The maximum atomic E-state index is 12.4. The summed E-state index contributed by atoms with van der Waals surface area (Å²) >= 11 is 1.43. The summed E-state index contributed by atoms with van der Waals surface area (Å²) in [7, 11) is 1.80. The standard InChI is InChI=1S/C17H23N5O3S/c1-11-13(21-25-20-11)8-22-6-5-17(24-2)4-3-12(7-15(17)22)19-16(23)14-9-26-10-18-14/h9-10,12,15H,3-8H2,1-2H3,(H,19,23)/t12-,15+,17-/m1/s1. The van der Waals surface area contributed by atoms with Crippen LogP contribution in [0.4, 0.5) is 0 Å². The Balaban J connectivity index is 1.47. The number of amides is 1. The van der Waals surface area contributed by atoms with E-state index in [-0.39, 0.29) is 23.6 Å². The van der Waals surface area contributed by atoms with Crippen molar-refractivity contribution in [3.05, 3.63) is 28.0 Å². The van der Waals surface area contributed by atoms with Crippen molar-refractivity contribution >= 4 is 17.2 Å². The van der Waals surface area contributed by atoms with Gasteiger partial charge in [-0.25, -0.2) is 9.61 Å². The molecule has 8 nitrogen and oxygen atoms in total. The van der Waals surface area contributed by atoms with Crippen LogP contribution in [-0.4, -0.2) is 57.4 Å². The maximum absolute atomic E-state index is 12.4. The van der Waals surface area contributed by atoms with Crippen molar-refractivity contribution in [2.45, 2.75) is 56.8 Å². The van der Waals surface area contributed by atoms with Gasteiger partial charge in [0, 0.05) is 37.7 Å². The van der Waals surface area contributed by atoms with Gasteiger partial charge in [0.2, 0.25) is 0 Å². The maximum Gasteiger partial charge on any atom is 0.270 e. The van der Waals surface area contributed by atoms with Crippen molar-refractivity contribution in [1.29, 1.82) is 0 Å². The van der Waals surface area contributed by atoms with Crippen molar-refractivity contribution in [1.82, 2.24) is 25.5 Å². The molecule has 140 valence electrons. The summed E-state index contributed by atoms with van der Waals surface area (Å²) in [5.41, 5.74) is 3.71. The number of likely N-dealkylation sites (tertiary alicyclic amines) is 1. The number of rotatable bonds is 5. The number of nitrogens with one attached hydrogen (secondary N) is 1. The first kappa shape index (κ1) is 17.6. The molecule has 1 aliphatic carbocycles. The van der Waals surface area contributed by atoms with E-state index in [0.29, 0.717) is 12.2 Å². The average Bonchev–Trinajstić information content (AvgIpc) is 3.37. The monoisotopic (exact) mass is 377 g/mol. The van der Waals surface area contributed by atoms with Crippen LogP contribution in [0, 0.1) is 6.92 Å². The van der Waals surface area contributed by atoms with Crippen molar-refractivity contribution < 1.29 is 14.2 Å². The van der Waals surface area contributed by atoms with Gasteiger partial charge in [-0.3, -0.25) is 9.69 Å². The number of fused-ring (bicyclic) bond motifs is 1. The lowest BCUT2D eigenvalue weighted by Gasteiger charge is -2.43. The number of ether oxygens (including phenoxy) is 1. The molecule has 1 saturated carbocycles. The Morgan fingerprint density at radius 3 is 3.08 bits per heavy atom. The van der Waals surface area contributed by atoms with Crippen LogP contribution in [0.15, 0.2) is 15.5 Å². The summed E-state index contributed by atoms with van der Waals surface area (Å²) in [6.07, 6.45) is 3.70. The molecule has 0 spiro atoms. The largest absolute Gasteiger partial charge is 0.377 e. The van der Waals surface area contributed by atoms with Gasteiger partial charge in [-0.05, 0) is 32.6 Å². The van der Waals surface area contributed by atoms with Crippen molar-refractivity contribution in [2.24, 2.45) is 0 Å². The minimum Gasteiger partial charge on any atom is -0.377 e. The minimum atomic E-state index is -0.146. The summed E-state index contributed by atoms with van der Waals surface area (Å²) in [5.74, 6) is -0.0951. The molecule has 2 aliphatic rings. The molecule has 4 rings (SSSR count). The van der Waals surface area contributed by atoms with E-state index in [4.69, 9.17) is 9.37 Å². The van der Waals surface area contributed by atoms with Gasteiger partial charge in [0.25, 0.3) is 5.91 Å². The number of methoxy groups -OCH3 is 1. The van der Waals surface area contributed by atoms with Crippen molar-refractivity contribution in [3.63, 3.8) is 0 Å². The molecule has 1 aliphatic heterocycles. The lowest BCUT2D eigenvalue weighted by molar-refractivity contribution is -0.0680. The van der Waals surface area contributed by atoms with Crippen molar-refractivity contribution in [3.8, 4) is 0 Å². The highest BCUT2D eigenvalue weighted by atomic mass is 32.1. The smallest absolute Gasteiger partial charge is 0.270 e. The van der Waals surface area contributed by atoms with E-state index in [1.807, 2.05) is 6.92 Å². The minimum absolute atomic E-state index is 0.0951. The number of carbonyl (C=O) groups excluding carboxylic acids is 1. The van der Waals surface area contributed by atoms with Crippen LogP contribution in [0.1, 0.15) is 47.6 Å². The second-order valence-corrected chi connectivity index (χ2v) is 7.84. The normalized spacial score (nSPS) is 28.8. The third-order valence-corrected chi connectivity index (χ3v) is 6.39. The van der Waals surface area contributed by atoms with Gasteiger partial charge in [0.1, 0.15) is 17.1 Å². The van der Waals surface area contributed by atoms with E-state index in [1.165, 1.54) is 11.3 Å². The molecule has 2 aromatic heterocycles. The summed E-state index contributed by atoms with van der Waals surface area (Å²) in [6.45, 7) is 3.54. The Labute approximate surface area is 155 Å². The molecule has 1 N–H and O–H groups in total. The fourth-order valence-corrected chi connectivity index (χ4v) is 4.81. The van der Waals surface area contributed by atoms with Crippen LogP contribution >= 0.6 is 11.3 Å².